The highest BCUT2D eigenvalue weighted by Crippen LogP contribution is 2.15. The van der Waals surface area contributed by atoms with Crippen LogP contribution in [0.5, 0.6) is 0 Å². The molecule has 0 spiro atoms. The van der Waals surface area contributed by atoms with Gasteiger partial charge in [-0.1, -0.05) is 12.1 Å². The Morgan fingerprint density at radius 1 is 1.10 bits per heavy atom. The summed E-state index contributed by atoms with van der Waals surface area (Å²) in [5, 5.41) is 4.73. The summed E-state index contributed by atoms with van der Waals surface area (Å²) >= 11 is 0. The number of para-hydroxylation sites is 1. The van der Waals surface area contributed by atoms with Crippen LogP contribution >= 0.6 is 0 Å². The minimum absolute atomic E-state index is 0.174. The monoisotopic (exact) mass is 280 g/mol. The van der Waals surface area contributed by atoms with Crippen molar-refractivity contribution in [3.8, 4) is 0 Å². The van der Waals surface area contributed by atoms with Gasteiger partial charge in [-0.2, -0.15) is 0 Å². The first-order valence-corrected chi connectivity index (χ1v) is 5.85. The first-order chi connectivity index (χ1) is 9.60. The van der Waals surface area contributed by atoms with Gasteiger partial charge in [0.05, 0.1) is 25.0 Å². The van der Waals surface area contributed by atoms with E-state index in [0.29, 0.717) is 6.61 Å². The summed E-state index contributed by atoms with van der Waals surface area (Å²) in [5.74, 6) is -2.26. The molecule has 7 heteroatoms. The Labute approximate surface area is 116 Å². The van der Waals surface area contributed by atoms with Gasteiger partial charge < -0.3 is 20.1 Å². The number of rotatable bonds is 5. The molecule has 20 heavy (non-hydrogen) atoms. The number of benzene rings is 1. The molecule has 1 aromatic rings. The van der Waals surface area contributed by atoms with Gasteiger partial charge in [0, 0.05) is 13.7 Å². The normalized spacial score (nSPS) is 9.70. The molecule has 1 rings (SSSR count). The summed E-state index contributed by atoms with van der Waals surface area (Å²) in [6, 6.07) is 6.25. The van der Waals surface area contributed by atoms with E-state index in [1.165, 1.54) is 26.4 Å². The zero-order valence-corrected chi connectivity index (χ0v) is 11.3. The van der Waals surface area contributed by atoms with Crippen molar-refractivity contribution in [1.29, 1.82) is 0 Å². The SMILES string of the molecule is COCCNC(=O)C(=O)Nc1ccccc1C(=O)OC. The van der Waals surface area contributed by atoms with Gasteiger partial charge in [0.15, 0.2) is 0 Å². The van der Waals surface area contributed by atoms with Gasteiger partial charge >= 0.3 is 17.8 Å². The molecule has 108 valence electrons. The fourth-order valence-corrected chi connectivity index (χ4v) is 1.41. The summed E-state index contributed by atoms with van der Waals surface area (Å²) in [4.78, 5) is 34.6. The van der Waals surface area contributed by atoms with E-state index < -0.39 is 17.8 Å². The molecule has 0 aliphatic rings. The van der Waals surface area contributed by atoms with Gasteiger partial charge in [-0.3, -0.25) is 9.59 Å². The van der Waals surface area contributed by atoms with Gasteiger partial charge in [0.1, 0.15) is 0 Å². The third-order valence-corrected chi connectivity index (χ3v) is 2.38. The molecule has 0 atom stereocenters. The highest BCUT2D eigenvalue weighted by Gasteiger charge is 2.17. The Morgan fingerprint density at radius 3 is 2.45 bits per heavy atom. The molecule has 0 aliphatic carbocycles. The second kappa shape index (κ2) is 7.90. The maximum Gasteiger partial charge on any atom is 0.339 e. The lowest BCUT2D eigenvalue weighted by Gasteiger charge is -2.09. The molecule has 0 aliphatic heterocycles. The highest BCUT2D eigenvalue weighted by atomic mass is 16.5. The van der Waals surface area contributed by atoms with Crippen LogP contribution in [-0.2, 0) is 19.1 Å². The van der Waals surface area contributed by atoms with Crippen molar-refractivity contribution in [2.75, 3.05) is 32.7 Å². The molecule has 1 aromatic carbocycles. The minimum Gasteiger partial charge on any atom is -0.465 e. The number of carbonyl (C=O) groups excluding carboxylic acids is 3. The van der Waals surface area contributed by atoms with Gasteiger partial charge in [-0.15, -0.1) is 0 Å². The predicted molar refractivity (Wildman–Crippen MR) is 71.3 cm³/mol. The molecule has 2 N–H and O–H groups in total. The summed E-state index contributed by atoms with van der Waals surface area (Å²) in [6.07, 6.45) is 0. The lowest BCUT2D eigenvalue weighted by molar-refractivity contribution is -0.136. The molecule has 7 nitrogen and oxygen atoms in total. The Hall–Kier alpha value is -2.41. The summed E-state index contributed by atoms with van der Waals surface area (Å²) in [5.41, 5.74) is 0.388. The maximum absolute atomic E-state index is 11.7. The molecule has 0 aromatic heterocycles. The standard InChI is InChI=1S/C13H16N2O5/c1-19-8-7-14-11(16)12(17)15-10-6-4-3-5-9(10)13(18)20-2/h3-6H,7-8H2,1-2H3,(H,14,16)(H,15,17). The van der Waals surface area contributed by atoms with Crippen molar-refractivity contribution in [2.24, 2.45) is 0 Å². The smallest absolute Gasteiger partial charge is 0.339 e. The fourth-order valence-electron chi connectivity index (χ4n) is 1.41. The maximum atomic E-state index is 11.7. The fraction of sp³-hybridized carbons (Fsp3) is 0.308. The number of carbonyl (C=O) groups is 3. The topological polar surface area (TPSA) is 93.7 Å². The van der Waals surface area contributed by atoms with Crippen LogP contribution in [0.3, 0.4) is 0 Å². The van der Waals surface area contributed by atoms with Crippen molar-refractivity contribution in [3.05, 3.63) is 29.8 Å². The summed E-state index contributed by atoms with van der Waals surface area (Å²) in [6.45, 7) is 0.527. The number of nitrogens with one attached hydrogen (secondary N) is 2. The van der Waals surface area contributed by atoms with Crippen LogP contribution in [0.4, 0.5) is 5.69 Å². The van der Waals surface area contributed by atoms with E-state index in [-0.39, 0.29) is 17.8 Å². The number of esters is 1. The van der Waals surface area contributed by atoms with Crippen molar-refractivity contribution in [3.63, 3.8) is 0 Å². The van der Waals surface area contributed by atoms with Gasteiger partial charge in [0.25, 0.3) is 0 Å². The zero-order valence-electron chi connectivity index (χ0n) is 11.3. The van der Waals surface area contributed by atoms with Crippen LogP contribution in [-0.4, -0.2) is 45.2 Å². The summed E-state index contributed by atoms with van der Waals surface area (Å²) < 4.78 is 9.34. The van der Waals surface area contributed by atoms with Crippen LogP contribution in [0.15, 0.2) is 24.3 Å². The number of methoxy groups -OCH3 is 2. The van der Waals surface area contributed by atoms with E-state index in [4.69, 9.17) is 4.74 Å². The lowest BCUT2D eigenvalue weighted by atomic mass is 10.2. The molecule has 0 radical (unpaired) electrons. The van der Waals surface area contributed by atoms with Crippen molar-refractivity contribution in [1.82, 2.24) is 5.32 Å². The Bertz CT molecular complexity index is 501. The molecule has 0 bridgehead atoms. The van der Waals surface area contributed by atoms with E-state index in [0.717, 1.165) is 0 Å². The highest BCUT2D eigenvalue weighted by molar-refractivity contribution is 6.40. The number of hydrogen-bond donors (Lipinski definition) is 2. The molecular weight excluding hydrogens is 264 g/mol. The molecule has 0 fully saturated rings. The zero-order chi connectivity index (χ0) is 15.0. The van der Waals surface area contributed by atoms with E-state index in [1.807, 2.05) is 0 Å². The first kappa shape index (κ1) is 15.6. The number of amides is 2. The van der Waals surface area contributed by atoms with Crippen LogP contribution in [0.1, 0.15) is 10.4 Å². The van der Waals surface area contributed by atoms with Crippen LogP contribution < -0.4 is 10.6 Å². The number of anilines is 1. The van der Waals surface area contributed by atoms with Crippen LogP contribution in [0, 0.1) is 0 Å². The Morgan fingerprint density at radius 2 is 1.80 bits per heavy atom. The van der Waals surface area contributed by atoms with Gasteiger partial charge in [-0.25, -0.2) is 4.79 Å². The van der Waals surface area contributed by atoms with Crippen LogP contribution in [0.2, 0.25) is 0 Å². The van der Waals surface area contributed by atoms with Crippen LogP contribution in [0.25, 0.3) is 0 Å². The second-order valence-electron chi connectivity index (χ2n) is 3.74. The lowest BCUT2D eigenvalue weighted by Crippen LogP contribution is -2.37. The quantitative estimate of drug-likeness (QED) is 0.456. The van der Waals surface area contributed by atoms with Crippen molar-refractivity contribution in [2.45, 2.75) is 0 Å². The third-order valence-electron chi connectivity index (χ3n) is 2.38. The molecular formula is C13H16N2O5. The van der Waals surface area contributed by atoms with Gasteiger partial charge in [-0.05, 0) is 12.1 Å². The van der Waals surface area contributed by atoms with E-state index >= 15 is 0 Å². The molecule has 0 saturated carbocycles. The Balaban J connectivity index is 2.71. The average Bonchev–Trinajstić information content (AvgIpc) is 2.47. The van der Waals surface area contributed by atoms with Crippen molar-refractivity contribution >= 4 is 23.5 Å². The number of ether oxygens (including phenoxy) is 2. The number of hydrogen-bond acceptors (Lipinski definition) is 5. The minimum atomic E-state index is -0.863. The third kappa shape index (κ3) is 4.36. The van der Waals surface area contributed by atoms with Crippen molar-refractivity contribution < 1.29 is 23.9 Å². The summed E-state index contributed by atoms with van der Waals surface area (Å²) in [7, 11) is 2.72. The Kier molecular flexibility index (Phi) is 6.18. The first-order valence-electron chi connectivity index (χ1n) is 5.85. The van der Waals surface area contributed by atoms with E-state index in [1.54, 1.807) is 12.1 Å². The molecule has 0 unspecified atom stereocenters. The van der Waals surface area contributed by atoms with E-state index in [2.05, 4.69) is 15.4 Å². The predicted octanol–water partition coefficient (Wildman–Crippen LogP) is 0.174. The molecule has 2 amide bonds. The molecule has 0 saturated heterocycles. The molecule has 0 heterocycles. The second-order valence-corrected chi connectivity index (χ2v) is 3.74. The average molecular weight is 280 g/mol. The van der Waals surface area contributed by atoms with E-state index in [9.17, 15) is 14.4 Å². The largest absolute Gasteiger partial charge is 0.465 e. The van der Waals surface area contributed by atoms with Gasteiger partial charge in [0.2, 0.25) is 0 Å².